The molecule has 0 aliphatic rings. The zero-order valence-corrected chi connectivity index (χ0v) is 14.8. The van der Waals surface area contributed by atoms with Gasteiger partial charge >= 0.3 is 0 Å². The second-order valence-corrected chi connectivity index (χ2v) is 5.92. The maximum atomic E-state index is 13.6. The van der Waals surface area contributed by atoms with Crippen LogP contribution in [0.1, 0.15) is 35.9 Å². The van der Waals surface area contributed by atoms with E-state index in [-0.39, 0.29) is 17.9 Å². The Bertz CT molecular complexity index is 843. The quantitative estimate of drug-likeness (QED) is 0.641. The van der Waals surface area contributed by atoms with Crippen LogP contribution in [0.15, 0.2) is 35.9 Å². The van der Waals surface area contributed by atoms with Crippen molar-refractivity contribution in [3.63, 3.8) is 0 Å². The summed E-state index contributed by atoms with van der Waals surface area (Å²) in [6.45, 7) is 7.02. The molecule has 0 radical (unpaired) electrons. The molecule has 1 N–H and O–H groups in total. The van der Waals surface area contributed by atoms with Gasteiger partial charge in [-0.15, -0.1) is 0 Å². The summed E-state index contributed by atoms with van der Waals surface area (Å²) < 4.78 is 15.8. The lowest BCUT2D eigenvalue weighted by atomic mass is 10.1. The number of nitriles is 1. The van der Waals surface area contributed by atoms with Crippen LogP contribution < -0.4 is 5.32 Å². The van der Waals surface area contributed by atoms with Gasteiger partial charge in [0.15, 0.2) is 0 Å². The molecule has 1 amide bonds. The van der Waals surface area contributed by atoms with Crippen molar-refractivity contribution < 1.29 is 9.18 Å². The fourth-order valence-corrected chi connectivity index (χ4v) is 2.76. The number of rotatable bonds is 6. The van der Waals surface area contributed by atoms with Crippen molar-refractivity contribution in [2.45, 2.75) is 40.3 Å². The number of nitrogens with zero attached hydrogens (tertiary/aromatic N) is 2. The summed E-state index contributed by atoms with van der Waals surface area (Å²) >= 11 is 0. The molecule has 5 heteroatoms. The van der Waals surface area contributed by atoms with Gasteiger partial charge in [0, 0.05) is 30.0 Å². The van der Waals surface area contributed by atoms with E-state index in [1.54, 1.807) is 24.3 Å². The van der Waals surface area contributed by atoms with Crippen LogP contribution in [0.25, 0.3) is 6.08 Å². The number of aryl methyl sites for hydroxylation is 1. The van der Waals surface area contributed by atoms with Gasteiger partial charge in [0.05, 0.1) is 0 Å². The number of hydrogen-bond acceptors (Lipinski definition) is 2. The van der Waals surface area contributed by atoms with E-state index >= 15 is 0 Å². The van der Waals surface area contributed by atoms with Crippen LogP contribution in [0.4, 0.5) is 4.39 Å². The van der Waals surface area contributed by atoms with Gasteiger partial charge in [-0.1, -0.05) is 25.1 Å². The van der Waals surface area contributed by atoms with E-state index in [1.807, 2.05) is 26.0 Å². The van der Waals surface area contributed by atoms with Crippen molar-refractivity contribution in [3.05, 3.63) is 64.2 Å². The predicted octanol–water partition coefficient (Wildman–Crippen LogP) is 3.88. The third-order valence-corrected chi connectivity index (χ3v) is 4.12. The molecule has 0 saturated heterocycles. The molecule has 130 valence electrons. The number of hydrogen-bond donors (Lipinski definition) is 1. The first-order valence-electron chi connectivity index (χ1n) is 8.28. The molecular weight excluding hydrogens is 317 g/mol. The van der Waals surface area contributed by atoms with Crippen molar-refractivity contribution in [2.75, 3.05) is 0 Å². The van der Waals surface area contributed by atoms with E-state index in [2.05, 4.69) is 16.8 Å². The van der Waals surface area contributed by atoms with Crippen molar-refractivity contribution in [2.24, 2.45) is 0 Å². The Kier molecular flexibility index (Phi) is 6.13. The van der Waals surface area contributed by atoms with Gasteiger partial charge in [-0.2, -0.15) is 5.26 Å². The zero-order valence-electron chi connectivity index (χ0n) is 14.8. The van der Waals surface area contributed by atoms with Gasteiger partial charge in [-0.25, -0.2) is 4.39 Å². The highest BCUT2D eigenvalue weighted by Crippen LogP contribution is 2.19. The number of carbonyl (C=O) groups is 1. The van der Waals surface area contributed by atoms with E-state index < -0.39 is 5.91 Å². The molecule has 0 atom stereocenters. The molecule has 1 heterocycles. The van der Waals surface area contributed by atoms with Crippen LogP contribution in [0.3, 0.4) is 0 Å². The second kappa shape index (κ2) is 8.29. The van der Waals surface area contributed by atoms with E-state index in [9.17, 15) is 14.4 Å². The largest absolute Gasteiger partial charge is 0.349 e. The van der Waals surface area contributed by atoms with Crippen molar-refractivity contribution in [3.8, 4) is 6.07 Å². The standard InChI is InChI=1S/C20H22FN3O/c1-4-9-24-14(2)10-17(15(24)3)11-18(12-22)20(25)23-13-16-7-5-6-8-19(16)21/h5-8,10-11H,4,9,13H2,1-3H3,(H,23,25). The molecule has 0 aliphatic heterocycles. The topological polar surface area (TPSA) is 57.8 Å². The molecule has 0 aliphatic carbocycles. The summed E-state index contributed by atoms with van der Waals surface area (Å²) in [6.07, 6.45) is 2.60. The SMILES string of the molecule is CCCn1c(C)cc(C=C(C#N)C(=O)NCc2ccccc2F)c1C. The Morgan fingerprint density at radius 3 is 2.72 bits per heavy atom. The molecule has 0 bridgehead atoms. The normalized spacial score (nSPS) is 11.2. The average Bonchev–Trinajstić information content (AvgIpc) is 2.86. The lowest BCUT2D eigenvalue weighted by Crippen LogP contribution is -2.24. The van der Waals surface area contributed by atoms with E-state index in [0.29, 0.717) is 5.56 Å². The van der Waals surface area contributed by atoms with Gasteiger partial charge in [0.2, 0.25) is 0 Å². The second-order valence-electron chi connectivity index (χ2n) is 5.92. The monoisotopic (exact) mass is 339 g/mol. The number of benzene rings is 1. The first-order chi connectivity index (χ1) is 12.0. The van der Waals surface area contributed by atoms with Crippen LogP contribution in [-0.2, 0) is 17.9 Å². The molecule has 1 aromatic heterocycles. The maximum absolute atomic E-state index is 13.6. The average molecular weight is 339 g/mol. The van der Waals surface area contributed by atoms with Crippen molar-refractivity contribution in [1.29, 1.82) is 5.26 Å². The summed E-state index contributed by atoms with van der Waals surface area (Å²) in [5.74, 6) is -0.889. The number of halogens is 1. The minimum Gasteiger partial charge on any atom is -0.349 e. The van der Waals surface area contributed by atoms with Crippen LogP contribution in [-0.4, -0.2) is 10.5 Å². The molecule has 2 rings (SSSR count). The van der Waals surface area contributed by atoms with Gasteiger partial charge in [0.25, 0.3) is 5.91 Å². The molecule has 1 aromatic carbocycles. The van der Waals surface area contributed by atoms with E-state index in [0.717, 1.165) is 29.9 Å². The van der Waals surface area contributed by atoms with E-state index in [1.165, 1.54) is 6.07 Å². The lowest BCUT2D eigenvalue weighted by Gasteiger charge is -2.07. The Balaban J connectivity index is 2.17. The smallest absolute Gasteiger partial charge is 0.262 e. The Morgan fingerprint density at radius 1 is 1.36 bits per heavy atom. The molecular formula is C20H22FN3O. The van der Waals surface area contributed by atoms with Gasteiger partial charge in [-0.05, 0) is 44.0 Å². The third kappa shape index (κ3) is 4.36. The number of carbonyl (C=O) groups excluding carboxylic acids is 1. The number of nitrogens with one attached hydrogen (secondary N) is 1. The summed E-state index contributed by atoms with van der Waals surface area (Å²) in [4.78, 5) is 12.3. The van der Waals surface area contributed by atoms with Gasteiger partial charge < -0.3 is 9.88 Å². The molecule has 0 saturated carbocycles. The molecule has 4 nitrogen and oxygen atoms in total. The fourth-order valence-electron chi connectivity index (χ4n) is 2.76. The molecule has 25 heavy (non-hydrogen) atoms. The maximum Gasteiger partial charge on any atom is 0.262 e. The van der Waals surface area contributed by atoms with Crippen LogP contribution in [0.2, 0.25) is 0 Å². The molecule has 0 spiro atoms. The highest BCUT2D eigenvalue weighted by atomic mass is 19.1. The number of amides is 1. The first kappa shape index (κ1) is 18.5. The first-order valence-corrected chi connectivity index (χ1v) is 8.28. The van der Waals surface area contributed by atoms with E-state index in [4.69, 9.17) is 0 Å². The molecule has 0 unspecified atom stereocenters. The van der Waals surface area contributed by atoms with Crippen LogP contribution in [0, 0.1) is 31.0 Å². The van der Waals surface area contributed by atoms with Crippen LogP contribution >= 0.6 is 0 Å². The summed E-state index contributed by atoms with van der Waals surface area (Å²) in [6, 6.07) is 10.1. The molecule has 0 fully saturated rings. The molecule has 2 aromatic rings. The highest BCUT2D eigenvalue weighted by molar-refractivity contribution is 6.01. The van der Waals surface area contributed by atoms with Gasteiger partial charge in [0.1, 0.15) is 17.5 Å². The Labute approximate surface area is 147 Å². The highest BCUT2D eigenvalue weighted by Gasteiger charge is 2.13. The lowest BCUT2D eigenvalue weighted by molar-refractivity contribution is -0.117. The Morgan fingerprint density at radius 2 is 2.08 bits per heavy atom. The number of aromatic nitrogens is 1. The Hall–Kier alpha value is -2.87. The minimum atomic E-state index is -0.508. The fraction of sp³-hybridized carbons (Fsp3) is 0.300. The van der Waals surface area contributed by atoms with Gasteiger partial charge in [-0.3, -0.25) is 4.79 Å². The van der Waals surface area contributed by atoms with Crippen molar-refractivity contribution >= 4 is 12.0 Å². The summed E-state index contributed by atoms with van der Waals surface area (Å²) in [5, 5.41) is 11.9. The summed E-state index contributed by atoms with van der Waals surface area (Å²) in [5.41, 5.74) is 3.36. The zero-order chi connectivity index (χ0) is 18.4. The minimum absolute atomic E-state index is 0.00749. The van der Waals surface area contributed by atoms with Crippen molar-refractivity contribution in [1.82, 2.24) is 9.88 Å². The van der Waals surface area contributed by atoms with Crippen LogP contribution in [0.5, 0.6) is 0 Å². The predicted molar refractivity (Wildman–Crippen MR) is 96.0 cm³/mol. The third-order valence-electron chi connectivity index (χ3n) is 4.12. The summed E-state index contributed by atoms with van der Waals surface area (Å²) in [7, 11) is 0.